The molecule has 0 aliphatic heterocycles. The average molecular weight is 396 g/mol. The molecule has 2 aromatic heterocycles. The Morgan fingerprint density at radius 2 is 2.00 bits per heavy atom. The van der Waals surface area contributed by atoms with Gasteiger partial charge in [0.05, 0.1) is 11.9 Å². The molecule has 6 heteroatoms. The van der Waals surface area contributed by atoms with Crippen LogP contribution >= 0.6 is 22.9 Å². The number of aromatic nitrogens is 2. The molecular formula is C21H18ClN3OS. The third-order valence-electron chi connectivity index (χ3n) is 4.50. The molecule has 0 fully saturated rings. The van der Waals surface area contributed by atoms with Gasteiger partial charge in [0.25, 0.3) is 5.56 Å². The Morgan fingerprint density at radius 3 is 2.78 bits per heavy atom. The van der Waals surface area contributed by atoms with E-state index in [0.717, 1.165) is 21.5 Å². The summed E-state index contributed by atoms with van der Waals surface area (Å²) in [4.78, 5) is 21.0. The van der Waals surface area contributed by atoms with E-state index in [-0.39, 0.29) is 11.6 Å². The Balaban J connectivity index is 1.58. The summed E-state index contributed by atoms with van der Waals surface area (Å²) in [6, 6.07) is 17.7. The minimum atomic E-state index is -0.104. The molecule has 1 atom stereocenters. The van der Waals surface area contributed by atoms with Gasteiger partial charge in [-0.25, -0.2) is 4.98 Å². The summed E-state index contributed by atoms with van der Waals surface area (Å²) in [5.41, 5.74) is 2.94. The topological polar surface area (TPSA) is 57.8 Å². The fourth-order valence-corrected chi connectivity index (χ4v) is 4.22. The van der Waals surface area contributed by atoms with E-state index < -0.39 is 0 Å². The first kappa shape index (κ1) is 17.9. The van der Waals surface area contributed by atoms with Crippen molar-refractivity contribution in [2.45, 2.75) is 19.5 Å². The minimum Gasteiger partial charge on any atom is -0.309 e. The lowest BCUT2D eigenvalue weighted by molar-refractivity contribution is 0.560. The Kier molecular flexibility index (Phi) is 5.07. The molecule has 4 nitrogen and oxygen atoms in total. The van der Waals surface area contributed by atoms with E-state index in [9.17, 15) is 4.79 Å². The fraction of sp³-hybridized carbons (Fsp3) is 0.143. The highest BCUT2D eigenvalue weighted by Crippen LogP contribution is 2.30. The maximum absolute atomic E-state index is 12.7. The van der Waals surface area contributed by atoms with Crippen molar-refractivity contribution in [2.75, 3.05) is 0 Å². The third kappa shape index (κ3) is 3.81. The SMILES string of the molecule is C[C@@H](NCc1nc2scc(-c3ccccc3)c2c(=O)[nH]1)c1cccc(Cl)c1. The summed E-state index contributed by atoms with van der Waals surface area (Å²) in [5.74, 6) is 0.628. The van der Waals surface area contributed by atoms with Crippen LogP contribution in [0.5, 0.6) is 0 Å². The molecule has 2 aromatic carbocycles. The number of halogens is 1. The van der Waals surface area contributed by atoms with E-state index in [1.807, 2.05) is 60.0 Å². The van der Waals surface area contributed by atoms with Crippen LogP contribution in [0.15, 0.2) is 64.8 Å². The first-order valence-electron chi connectivity index (χ1n) is 8.66. The summed E-state index contributed by atoms with van der Waals surface area (Å²) in [5, 5.41) is 6.74. The van der Waals surface area contributed by atoms with Gasteiger partial charge in [-0.2, -0.15) is 0 Å². The highest BCUT2D eigenvalue weighted by Gasteiger charge is 2.13. The van der Waals surface area contributed by atoms with Crippen LogP contribution in [-0.2, 0) is 6.54 Å². The Morgan fingerprint density at radius 1 is 1.19 bits per heavy atom. The van der Waals surface area contributed by atoms with Crippen LogP contribution in [0.3, 0.4) is 0 Å². The average Bonchev–Trinajstić information content (AvgIpc) is 3.11. The molecule has 2 N–H and O–H groups in total. The number of fused-ring (bicyclic) bond motifs is 1. The van der Waals surface area contributed by atoms with Gasteiger partial charge in [0.15, 0.2) is 0 Å². The molecular weight excluding hydrogens is 378 g/mol. The largest absolute Gasteiger partial charge is 0.309 e. The number of hydrogen-bond acceptors (Lipinski definition) is 4. The number of H-pyrrole nitrogens is 1. The van der Waals surface area contributed by atoms with Gasteiger partial charge >= 0.3 is 0 Å². The Bertz CT molecular complexity index is 1140. The van der Waals surface area contributed by atoms with Gasteiger partial charge < -0.3 is 10.3 Å². The van der Waals surface area contributed by atoms with E-state index in [1.54, 1.807) is 0 Å². The van der Waals surface area contributed by atoms with Crippen LogP contribution in [-0.4, -0.2) is 9.97 Å². The molecule has 0 amide bonds. The van der Waals surface area contributed by atoms with Gasteiger partial charge in [0.1, 0.15) is 10.7 Å². The van der Waals surface area contributed by atoms with Crippen molar-refractivity contribution in [1.29, 1.82) is 0 Å². The van der Waals surface area contributed by atoms with E-state index in [1.165, 1.54) is 11.3 Å². The predicted molar refractivity (Wildman–Crippen MR) is 112 cm³/mol. The van der Waals surface area contributed by atoms with Crippen molar-refractivity contribution in [3.63, 3.8) is 0 Å². The third-order valence-corrected chi connectivity index (χ3v) is 5.61. The molecule has 0 saturated carbocycles. The lowest BCUT2D eigenvalue weighted by Crippen LogP contribution is -2.22. The summed E-state index contributed by atoms with van der Waals surface area (Å²) in [6.45, 7) is 2.53. The van der Waals surface area contributed by atoms with E-state index >= 15 is 0 Å². The van der Waals surface area contributed by atoms with Gasteiger partial charge in [-0.1, -0.05) is 54.1 Å². The van der Waals surface area contributed by atoms with Crippen molar-refractivity contribution in [3.8, 4) is 11.1 Å². The monoisotopic (exact) mass is 395 g/mol. The zero-order valence-electron chi connectivity index (χ0n) is 14.7. The first-order valence-corrected chi connectivity index (χ1v) is 9.92. The number of nitrogens with one attached hydrogen (secondary N) is 2. The van der Waals surface area contributed by atoms with Crippen LogP contribution < -0.4 is 10.9 Å². The highest BCUT2D eigenvalue weighted by molar-refractivity contribution is 7.17. The molecule has 0 aliphatic rings. The van der Waals surface area contributed by atoms with Crippen molar-refractivity contribution in [2.24, 2.45) is 0 Å². The maximum Gasteiger partial charge on any atom is 0.260 e. The maximum atomic E-state index is 12.7. The Labute approximate surface area is 165 Å². The second-order valence-electron chi connectivity index (χ2n) is 6.37. The van der Waals surface area contributed by atoms with Crippen molar-refractivity contribution in [3.05, 3.63) is 86.7 Å². The molecule has 0 radical (unpaired) electrons. The molecule has 4 aromatic rings. The molecule has 0 unspecified atom stereocenters. The molecule has 0 spiro atoms. The van der Waals surface area contributed by atoms with E-state index in [0.29, 0.717) is 22.8 Å². The van der Waals surface area contributed by atoms with Gasteiger partial charge in [0.2, 0.25) is 0 Å². The molecule has 136 valence electrons. The highest BCUT2D eigenvalue weighted by atomic mass is 35.5. The van der Waals surface area contributed by atoms with Crippen LogP contribution in [0.4, 0.5) is 0 Å². The minimum absolute atomic E-state index is 0.0907. The number of nitrogens with zero attached hydrogens (tertiary/aromatic N) is 1. The van der Waals surface area contributed by atoms with Crippen LogP contribution in [0.1, 0.15) is 24.4 Å². The smallest absolute Gasteiger partial charge is 0.260 e. The summed E-state index contributed by atoms with van der Waals surface area (Å²) in [7, 11) is 0. The zero-order valence-corrected chi connectivity index (χ0v) is 16.3. The van der Waals surface area contributed by atoms with Crippen LogP contribution in [0.2, 0.25) is 5.02 Å². The summed E-state index contributed by atoms with van der Waals surface area (Å²) >= 11 is 7.55. The standard InChI is InChI=1S/C21H18ClN3OS/c1-13(15-8-5-9-16(22)10-15)23-11-18-24-20(26)19-17(12-27-21(19)25-18)14-6-3-2-4-7-14/h2-10,12-13,23H,11H2,1H3,(H,24,25,26)/t13-/m1/s1. The Hall–Kier alpha value is -2.47. The van der Waals surface area contributed by atoms with Crippen molar-refractivity contribution in [1.82, 2.24) is 15.3 Å². The van der Waals surface area contributed by atoms with Crippen LogP contribution in [0, 0.1) is 0 Å². The van der Waals surface area contributed by atoms with Gasteiger partial charge in [-0.3, -0.25) is 4.79 Å². The number of rotatable bonds is 5. The number of hydrogen-bond donors (Lipinski definition) is 2. The molecule has 0 bridgehead atoms. The fourth-order valence-electron chi connectivity index (χ4n) is 3.05. The van der Waals surface area contributed by atoms with Gasteiger partial charge in [0, 0.05) is 22.0 Å². The van der Waals surface area contributed by atoms with Crippen molar-refractivity contribution < 1.29 is 0 Å². The summed E-state index contributed by atoms with van der Waals surface area (Å²) in [6.07, 6.45) is 0. The number of benzene rings is 2. The summed E-state index contributed by atoms with van der Waals surface area (Å²) < 4.78 is 0. The normalized spacial score (nSPS) is 12.4. The predicted octanol–water partition coefficient (Wildman–Crippen LogP) is 5.16. The molecule has 2 heterocycles. The second-order valence-corrected chi connectivity index (χ2v) is 7.66. The van der Waals surface area contributed by atoms with Crippen LogP contribution in [0.25, 0.3) is 21.3 Å². The van der Waals surface area contributed by atoms with E-state index in [4.69, 9.17) is 11.6 Å². The van der Waals surface area contributed by atoms with Gasteiger partial charge in [-0.05, 0) is 30.2 Å². The quantitative estimate of drug-likeness (QED) is 0.491. The number of aromatic amines is 1. The molecule has 27 heavy (non-hydrogen) atoms. The second kappa shape index (κ2) is 7.64. The molecule has 4 rings (SSSR count). The zero-order chi connectivity index (χ0) is 18.8. The molecule has 0 aliphatic carbocycles. The van der Waals surface area contributed by atoms with Crippen molar-refractivity contribution >= 4 is 33.2 Å². The van der Waals surface area contributed by atoms with E-state index in [2.05, 4.69) is 22.2 Å². The first-order chi connectivity index (χ1) is 13.1. The number of thiophene rings is 1. The lowest BCUT2D eigenvalue weighted by Gasteiger charge is -2.14. The molecule has 0 saturated heterocycles. The van der Waals surface area contributed by atoms with Gasteiger partial charge in [-0.15, -0.1) is 11.3 Å². The lowest BCUT2D eigenvalue weighted by atomic mass is 10.1.